The Morgan fingerprint density at radius 3 is 2.31 bits per heavy atom. The summed E-state index contributed by atoms with van der Waals surface area (Å²) in [5.74, 6) is 1.65. The van der Waals surface area contributed by atoms with Gasteiger partial charge in [-0.15, -0.1) is 5.10 Å². The van der Waals surface area contributed by atoms with Crippen molar-refractivity contribution in [3.05, 3.63) is 35.4 Å². The molecule has 0 spiro atoms. The Bertz CT molecular complexity index is 842. The number of hydrogen-bond acceptors (Lipinski definition) is 6. The number of hydrogen-bond donors (Lipinski definition) is 1. The molecule has 0 saturated heterocycles. The van der Waals surface area contributed by atoms with Crippen molar-refractivity contribution in [3.63, 3.8) is 0 Å². The van der Waals surface area contributed by atoms with Crippen LogP contribution < -0.4 is 15.0 Å². The fourth-order valence-electron chi connectivity index (χ4n) is 3.87. The molecule has 0 bridgehead atoms. The molecule has 7 heteroatoms. The van der Waals surface area contributed by atoms with Crippen LogP contribution in [0.5, 0.6) is 11.6 Å². The Kier molecular flexibility index (Phi) is 10.2. The number of fused-ring (bicyclic) bond motifs is 1. The molecular weight excluding hydrogens is 404 g/mol. The monoisotopic (exact) mass is 440 g/mol. The summed E-state index contributed by atoms with van der Waals surface area (Å²) in [6.07, 6.45) is 14.8. The topological polar surface area (TPSA) is 81.3 Å². The van der Waals surface area contributed by atoms with E-state index in [-0.39, 0.29) is 6.73 Å². The van der Waals surface area contributed by atoms with Crippen molar-refractivity contribution in [3.8, 4) is 17.7 Å². The van der Waals surface area contributed by atoms with E-state index in [2.05, 4.69) is 35.7 Å². The van der Waals surface area contributed by atoms with E-state index < -0.39 is 0 Å². The minimum Gasteiger partial charge on any atom is -0.490 e. The van der Waals surface area contributed by atoms with Gasteiger partial charge in [-0.25, -0.2) is 10.2 Å². The lowest BCUT2D eigenvalue weighted by molar-refractivity contribution is 0.151. The van der Waals surface area contributed by atoms with Crippen LogP contribution in [0.25, 0.3) is 0 Å². The molecule has 0 unspecified atom stereocenters. The van der Waals surface area contributed by atoms with Crippen LogP contribution in [-0.4, -0.2) is 23.0 Å². The van der Waals surface area contributed by atoms with Crippen LogP contribution in [0.2, 0.25) is 0 Å². The van der Waals surface area contributed by atoms with E-state index in [1.807, 2.05) is 12.1 Å². The van der Waals surface area contributed by atoms with Crippen molar-refractivity contribution < 1.29 is 14.3 Å². The number of nitrogens with one attached hydrogen (secondary N) is 1. The molecule has 0 amide bonds. The fourth-order valence-corrected chi connectivity index (χ4v) is 3.87. The summed E-state index contributed by atoms with van der Waals surface area (Å²) in [6.45, 7) is 3.22. The van der Waals surface area contributed by atoms with Gasteiger partial charge in [0.15, 0.2) is 18.1 Å². The van der Waals surface area contributed by atoms with Gasteiger partial charge in [-0.1, -0.05) is 76.8 Å². The predicted octanol–water partition coefficient (Wildman–Crippen LogP) is 5.99. The molecule has 0 atom stereocenters. The average Bonchev–Trinajstić information content (AvgIpc) is 3.39. The zero-order valence-electron chi connectivity index (χ0n) is 19.3. The number of benzene rings is 1. The number of unbranched alkanes of at least 4 members (excludes halogenated alkanes) is 9. The highest BCUT2D eigenvalue weighted by Gasteiger charge is 2.23. The molecule has 1 N–H and O–H groups in total. The van der Waals surface area contributed by atoms with E-state index in [4.69, 9.17) is 14.3 Å². The minimum atomic E-state index is 0.259. The first-order valence-electron chi connectivity index (χ1n) is 12.0. The molecule has 0 saturated carbocycles. The van der Waals surface area contributed by atoms with Crippen molar-refractivity contribution in [1.29, 1.82) is 5.26 Å². The van der Waals surface area contributed by atoms with Gasteiger partial charge in [0, 0.05) is 0 Å². The van der Waals surface area contributed by atoms with Gasteiger partial charge in [0.05, 0.1) is 0 Å². The Morgan fingerprint density at radius 2 is 1.62 bits per heavy atom. The Hall–Kier alpha value is -2.72. The van der Waals surface area contributed by atoms with Crippen LogP contribution in [0.15, 0.2) is 24.3 Å². The third-order valence-electron chi connectivity index (χ3n) is 5.72. The Morgan fingerprint density at radius 1 is 0.969 bits per heavy atom. The molecule has 2 aromatic rings. The summed E-state index contributed by atoms with van der Waals surface area (Å²) in [4.78, 5) is 5.03. The number of rotatable bonds is 16. The predicted molar refractivity (Wildman–Crippen MR) is 125 cm³/mol. The second kappa shape index (κ2) is 13.6. The summed E-state index contributed by atoms with van der Waals surface area (Å²) in [5.41, 5.74) is 4.37. The number of anilines is 1. The van der Waals surface area contributed by atoms with E-state index in [0.717, 1.165) is 12.2 Å². The molecule has 1 aliphatic rings. The highest BCUT2D eigenvalue weighted by atomic mass is 16.7. The summed E-state index contributed by atoms with van der Waals surface area (Å²) < 4.78 is 12.9. The first-order chi connectivity index (χ1) is 15.8. The molecule has 3 rings (SSSR count). The van der Waals surface area contributed by atoms with Crippen LogP contribution in [0.3, 0.4) is 0 Å². The SMILES string of the molecule is CCCCCCCCCCCCc1ccc(OCCOc2nn3c(c2C#N)NOC3)cc1. The second-order valence-electron chi connectivity index (χ2n) is 8.29. The molecule has 0 radical (unpaired) electrons. The Labute approximate surface area is 191 Å². The molecule has 1 aromatic heterocycles. The van der Waals surface area contributed by atoms with Gasteiger partial charge in [0.25, 0.3) is 5.88 Å². The highest BCUT2D eigenvalue weighted by Crippen LogP contribution is 2.28. The minimum absolute atomic E-state index is 0.259. The summed E-state index contributed by atoms with van der Waals surface area (Å²) >= 11 is 0. The van der Waals surface area contributed by atoms with Crippen LogP contribution >= 0.6 is 0 Å². The summed E-state index contributed by atoms with van der Waals surface area (Å²) in [7, 11) is 0. The standard InChI is InChI=1S/C25H36N4O3/c1-2-3-4-5-6-7-8-9-10-11-12-21-13-15-22(16-14-21)30-17-18-31-25-23(19-26)24-28-32-20-29(24)27-25/h13-16,28H,2-12,17-18,20H2,1H3. The fraction of sp³-hybridized carbons (Fsp3) is 0.600. The van der Waals surface area contributed by atoms with E-state index >= 15 is 0 Å². The molecule has 2 heterocycles. The lowest BCUT2D eigenvalue weighted by atomic mass is 10.0. The first kappa shape index (κ1) is 23.9. The molecular formula is C25H36N4O3. The maximum absolute atomic E-state index is 9.27. The largest absolute Gasteiger partial charge is 0.490 e. The maximum Gasteiger partial charge on any atom is 0.253 e. The molecule has 0 aliphatic carbocycles. The summed E-state index contributed by atoms with van der Waals surface area (Å²) in [6, 6.07) is 10.4. The molecule has 32 heavy (non-hydrogen) atoms. The second-order valence-corrected chi connectivity index (χ2v) is 8.29. The zero-order valence-corrected chi connectivity index (χ0v) is 19.3. The van der Waals surface area contributed by atoms with Crippen molar-refractivity contribution in [2.75, 3.05) is 18.7 Å². The van der Waals surface area contributed by atoms with Gasteiger partial charge in [0.2, 0.25) is 0 Å². The Balaban J connectivity index is 1.24. The molecule has 174 valence electrons. The maximum atomic E-state index is 9.27. The molecule has 1 aliphatic heterocycles. The third kappa shape index (κ3) is 7.45. The lowest BCUT2D eigenvalue weighted by Gasteiger charge is -2.08. The zero-order chi connectivity index (χ0) is 22.4. The number of ether oxygens (including phenoxy) is 2. The van der Waals surface area contributed by atoms with Crippen molar-refractivity contribution in [2.24, 2.45) is 0 Å². The van der Waals surface area contributed by atoms with Gasteiger partial charge < -0.3 is 9.47 Å². The average molecular weight is 441 g/mol. The smallest absolute Gasteiger partial charge is 0.253 e. The highest BCUT2D eigenvalue weighted by molar-refractivity contribution is 5.57. The summed E-state index contributed by atoms with van der Waals surface area (Å²) in [5, 5.41) is 13.5. The van der Waals surface area contributed by atoms with Gasteiger partial charge in [-0.05, 0) is 30.5 Å². The number of nitriles is 1. The van der Waals surface area contributed by atoms with E-state index in [1.54, 1.807) is 4.68 Å². The van der Waals surface area contributed by atoms with Crippen molar-refractivity contribution in [2.45, 2.75) is 84.3 Å². The normalized spacial score (nSPS) is 12.2. The van der Waals surface area contributed by atoms with Crippen molar-refractivity contribution in [1.82, 2.24) is 9.78 Å². The number of aryl methyl sites for hydroxylation is 1. The number of aromatic nitrogens is 2. The van der Waals surface area contributed by atoms with Crippen LogP contribution in [0, 0.1) is 11.3 Å². The van der Waals surface area contributed by atoms with E-state index in [9.17, 15) is 5.26 Å². The molecule has 0 fully saturated rings. The van der Waals surface area contributed by atoms with Gasteiger partial charge in [0.1, 0.15) is 25.0 Å². The molecule has 7 nitrogen and oxygen atoms in total. The van der Waals surface area contributed by atoms with E-state index in [1.165, 1.54) is 69.8 Å². The van der Waals surface area contributed by atoms with Gasteiger partial charge in [-0.2, -0.15) is 5.26 Å². The van der Waals surface area contributed by atoms with Gasteiger partial charge >= 0.3 is 0 Å². The third-order valence-corrected chi connectivity index (χ3v) is 5.72. The van der Waals surface area contributed by atoms with Crippen LogP contribution in [0.4, 0.5) is 5.82 Å². The van der Waals surface area contributed by atoms with Crippen molar-refractivity contribution >= 4 is 5.82 Å². The van der Waals surface area contributed by atoms with Crippen LogP contribution in [-0.2, 0) is 18.0 Å². The van der Waals surface area contributed by atoms with Crippen LogP contribution in [0.1, 0.15) is 82.3 Å². The quantitative estimate of drug-likeness (QED) is 0.323. The lowest BCUT2D eigenvalue weighted by Crippen LogP contribution is -2.10. The number of nitrogens with zero attached hydrogens (tertiary/aromatic N) is 3. The molecule has 1 aromatic carbocycles. The van der Waals surface area contributed by atoms with Gasteiger partial charge in [-0.3, -0.25) is 4.84 Å². The first-order valence-corrected chi connectivity index (χ1v) is 12.0. The van der Waals surface area contributed by atoms with E-state index in [0.29, 0.717) is 30.5 Å².